The third-order valence-corrected chi connectivity index (χ3v) is 22.4. The topological polar surface area (TPSA) is 562 Å². The summed E-state index contributed by atoms with van der Waals surface area (Å²) < 4.78 is 39.5. The van der Waals surface area contributed by atoms with Crippen LogP contribution >= 0.6 is 25.3 Å². The monoisotopic (exact) mass is 1880 g/mol. The number of aromatic nitrogens is 3. The fraction of sp³-hybridized carbons (Fsp3) is 0.404. The van der Waals surface area contributed by atoms with Crippen molar-refractivity contribution in [3.63, 3.8) is 0 Å². The number of phenols is 1. The number of methoxy groups -OCH3 is 2. The number of hydrogen-bond donors (Lipinski definition) is 16. The number of H-pyrrole nitrogens is 1. The average Bonchev–Trinajstić information content (AvgIpc) is 1.05. The molecule has 0 saturated heterocycles. The number of aromatic amines is 1. The number of carbonyl (C=O) groups is 14. The lowest BCUT2D eigenvalue weighted by molar-refractivity contribution is -0.176. The summed E-state index contributed by atoms with van der Waals surface area (Å²) >= 11 is 8.66. The Bertz CT molecular complexity index is 5250. The highest BCUT2D eigenvalue weighted by Crippen LogP contribution is 2.38. The largest absolute Gasteiger partial charge is 0.508 e. The van der Waals surface area contributed by atoms with Crippen LogP contribution in [-0.2, 0) is 100 Å². The first-order chi connectivity index (χ1) is 63.6. The zero-order chi connectivity index (χ0) is 97.5. The number of fused-ring (bicyclic) bond motifs is 5. The molecule has 0 radical (unpaired) electrons. The van der Waals surface area contributed by atoms with E-state index in [0.29, 0.717) is 34.0 Å². The number of primary amides is 1. The minimum absolute atomic E-state index is 0.0333. The smallest absolute Gasteiger partial charge is 0.360 e. The maximum atomic E-state index is 15.2. The van der Waals surface area contributed by atoms with Gasteiger partial charge in [0, 0.05) is 79.3 Å². The van der Waals surface area contributed by atoms with Crippen molar-refractivity contribution >= 4 is 131 Å². The highest BCUT2D eigenvalue weighted by atomic mass is 32.1. The van der Waals surface area contributed by atoms with E-state index in [9.17, 15) is 72.9 Å². The third-order valence-electron chi connectivity index (χ3n) is 21.6. The quantitative estimate of drug-likeness (QED) is 0.00757. The van der Waals surface area contributed by atoms with E-state index in [2.05, 4.69) is 82.7 Å². The number of ether oxygens (including phenoxy) is 5. The summed E-state index contributed by atoms with van der Waals surface area (Å²) in [4.78, 5) is 210. The summed E-state index contributed by atoms with van der Waals surface area (Å²) in [6.45, 7) is 10.6. The third kappa shape index (κ3) is 31.3. The number of carbonyl (C=O) groups excluding carboxylic acids is 14. The van der Waals surface area contributed by atoms with Gasteiger partial charge in [-0.15, -0.1) is 0 Å². The van der Waals surface area contributed by atoms with Crippen LogP contribution in [-0.4, -0.2) is 224 Å². The van der Waals surface area contributed by atoms with Crippen LogP contribution in [0, 0.1) is 16.7 Å². The van der Waals surface area contributed by atoms with Crippen molar-refractivity contribution < 1.29 is 115 Å². The predicted octanol–water partition coefficient (Wildman–Crippen LogP) is 5.33. The molecule has 0 spiro atoms. The number of aliphatic hydroxyl groups is 2. The van der Waals surface area contributed by atoms with Gasteiger partial charge in [0.25, 0.3) is 0 Å². The van der Waals surface area contributed by atoms with Crippen LogP contribution < -0.4 is 54.0 Å². The molecule has 714 valence electrons. The second-order valence-electron chi connectivity index (χ2n) is 31.8. The summed E-state index contributed by atoms with van der Waals surface area (Å²) in [5.74, 6) is -14.9. The van der Waals surface area contributed by atoms with Gasteiger partial charge >= 0.3 is 29.8 Å². The number of thiol groups is 2. The number of oxazole rings is 2. The van der Waals surface area contributed by atoms with Gasteiger partial charge in [-0.05, 0) is 107 Å². The Morgan fingerprint density at radius 3 is 1.55 bits per heavy atom. The summed E-state index contributed by atoms with van der Waals surface area (Å²) in [6.07, 6.45) is 18.6. The molecule has 1 aliphatic rings. The van der Waals surface area contributed by atoms with Gasteiger partial charge in [-0.25, -0.2) is 19.6 Å². The number of unbranched alkanes of at least 4 members (excludes halogenated alkanes) is 1. The molecule has 15 atom stereocenters. The molecular formula is C94H117N13O24S2. The number of benzene rings is 3. The Morgan fingerprint density at radius 2 is 1.02 bits per heavy atom. The molecular weight excluding hydrogens is 1760 g/mol. The molecule has 3 aromatic carbocycles. The first-order valence-electron chi connectivity index (χ1n) is 42.9. The minimum Gasteiger partial charge on any atom is -0.508 e. The van der Waals surface area contributed by atoms with E-state index in [4.69, 9.17) is 44.0 Å². The van der Waals surface area contributed by atoms with E-state index in [0.717, 1.165) is 26.7 Å². The number of amides is 9. The fourth-order valence-corrected chi connectivity index (χ4v) is 14.5. The molecule has 16 N–H and O–H groups in total. The number of cyclic esters (lactones) is 2. The molecule has 7 rings (SSSR count). The number of esters is 5. The fourth-order valence-electron chi connectivity index (χ4n) is 14.0. The van der Waals surface area contributed by atoms with E-state index in [1.165, 1.54) is 106 Å². The molecule has 9 amide bonds. The molecule has 7 unspecified atom stereocenters. The van der Waals surface area contributed by atoms with Crippen molar-refractivity contribution in [1.82, 2.24) is 57.5 Å². The summed E-state index contributed by atoms with van der Waals surface area (Å²) in [5, 5.41) is 53.3. The Labute approximate surface area is 779 Å². The SMILES string of the molecule is C/C=C/C(O)C(C)(C(=O)OC)C1C\C=C/C=C/C=C/c2nc(co2)C(=O)OC(C(C)(C(=O)OC)C(/C=C/C)OC(=O)CCC(=O)N[C@H](Cc2ccccc2)C(=O)N[C@@H](CS)C(=O)N[C@H](Cc2ccc(O)cc2)C(=O)N[C@H](Cc2c[nH]c3ccccc23)C(=O)N[C@@H](CCCCN)C(=O)N[C@H](C(=O)N[C@@H](CS)C(=O)N[C@@H](C(N)=O)C(C)O)C(C)C)C\C=C/C=C/C=C/c2nc(co2)C(=O)O1. The average molecular weight is 1880 g/mol. The predicted molar refractivity (Wildman–Crippen MR) is 496 cm³/mol. The van der Waals surface area contributed by atoms with Gasteiger partial charge in [0.1, 0.15) is 95.8 Å². The van der Waals surface area contributed by atoms with Crippen molar-refractivity contribution in [2.24, 2.45) is 28.2 Å². The standard InChI is InChI=1S/C94H117N13O24S2/c1-10-29-71(110)93(6,91(123)125-8)73-36-21-14-12-16-23-39-77-100-68(52-128-77)90(122)131-74(37-22-15-13-17-24-38-76-99-67(51-127-76)89(121)130-73)94(7,92(124)126-9)72(30-11-2)129-78(112)45-44-75(111)98-64(47-57-31-19-18-20-32-57)83(115)104-69(53-132)86(118)102-65(48-58-40-42-60(109)43-41-58)84(116)103-66(49-59-50-97-62-34-26-25-33-61(59)62)85(117)101-63(35-27-28-46-95)82(114)106-79(55(3)4)88(120)105-70(54-133)87(119)107-80(56(5)108)81(96)113/h10-26,29-34,38-43,50-52,55-56,63-66,69-74,79-80,97,108-110,132-133H,27-28,35-37,44-49,53-54,95H2,1-9H3,(H2,96,113)(H,98,111)(H,101,117)(H,102,118)(H,103,116)(H,104,115)(H,105,120)(H,106,114)(H,107,119)/b16-12+,17-13+,21-14-,22-15-,29-10+,30-11+,38-24+,39-23+/t56?,63-,64+,65+,66+,69-,70-,71?,72?,73?,74?,79-,80+,93?,94?/m0/s1. The number of para-hydroxylation sites is 1. The van der Waals surface area contributed by atoms with Crippen LogP contribution in [0.3, 0.4) is 0 Å². The molecule has 6 aromatic rings. The van der Waals surface area contributed by atoms with Crippen molar-refractivity contribution in [2.75, 3.05) is 32.3 Å². The number of phenolic OH excluding ortho intramolecular Hbond substituents is 1. The maximum Gasteiger partial charge on any atom is 0.360 e. The lowest BCUT2D eigenvalue weighted by Gasteiger charge is -2.38. The van der Waals surface area contributed by atoms with Gasteiger partial charge in [0.15, 0.2) is 11.4 Å². The van der Waals surface area contributed by atoms with E-state index in [1.807, 2.05) is 0 Å². The molecule has 0 saturated carbocycles. The lowest BCUT2D eigenvalue weighted by Crippen LogP contribution is -2.62. The molecule has 37 nitrogen and oxygen atoms in total. The molecule has 3 aromatic heterocycles. The van der Waals surface area contributed by atoms with Crippen LogP contribution in [0.4, 0.5) is 0 Å². The molecule has 0 aliphatic carbocycles. The normalized spacial score (nSPS) is 18.7. The Kier molecular flexibility index (Phi) is 42.6. The summed E-state index contributed by atoms with van der Waals surface area (Å²) in [7, 11) is 2.21. The molecule has 39 heteroatoms. The van der Waals surface area contributed by atoms with Crippen LogP contribution in [0.1, 0.15) is 143 Å². The van der Waals surface area contributed by atoms with Gasteiger partial charge in [-0.2, -0.15) is 25.3 Å². The molecule has 4 bridgehead atoms. The van der Waals surface area contributed by atoms with Crippen LogP contribution in [0.5, 0.6) is 5.75 Å². The minimum atomic E-state index is -2.10. The van der Waals surface area contributed by atoms with Crippen molar-refractivity contribution in [2.45, 2.75) is 192 Å². The summed E-state index contributed by atoms with van der Waals surface area (Å²) in [5.41, 5.74) is 8.88. The first-order valence-corrected chi connectivity index (χ1v) is 44.1. The molecule has 133 heavy (non-hydrogen) atoms. The Morgan fingerprint density at radius 1 is 0.556 bits per heavy atom. The zero-order valence-corrected chi connectivity index (χ0v) is 76.9. The summed E-state index contributed by atoms with van der Waals surface area (Å²) in [6, 6.07) is 9.28. The highest BCUT2D eigenvalue weighted by Gasteiger charge is 2.53. The number of rotatable bonds is 42. The van der Waals surface area contributed by atoms with Crippen LogP contribution in [0.15, 0.2) is 191 Å². The van der Waals surface area contributed by atoms with Crippen LogP contribution in [0.25, 0.3) is 23.1 Å². The maximum absolute atomic E-state index is 15.2. The number of aromatic hydroxyl groups is 1. The lowest BCUT2D eigenvalue weighted by atomic mass is 9.76. The number of hydrogen-bond acceptors (Lipinski definition) is 29. The second kappa shape index (κ2) is 53.1. The first kappa shape index (κ1) is 107. The molecule has 1 aliphatic heterocycles. The second-order valence-corrected chi connectivity index (χ2v) is 32.5. The highest BCUT2D eigenvalue weighted by molar-refractivity contribution is 7.80. The van der Waals surface area contributed by atoms with Crippen molar-refractivity contribution in [1.29, 1.82) is 0 Å². The molecule has 0 fully saturated rings. The van der Waals surface area contributed by atoms with Gasteiger partial charge in [0.05, 0.1) is 32.8 Å². The van der Waals surface area contributed by atoms with Gasteiger partial charge < -0.3 is 107 Å². The Hall–Kier alpha value is -13.5. The number of nitrogens with zero attached hydrogens (tertiary/aromatic N) is 2. The van der Waals surface area contributed by atoms with E-state index in [1.54, 1.807) is 125 Å². The van der Waals surface area contributed by atoms with E-state index < -0.39 is 197 Å². The van der Waals surface area contributed by atoms with Crippen molar-refractivity contribution in [3.05, 3.63) is 223 Å². The Balaban J connectivity index is 1.11. The number of nitrogens with one attached hydrogen (secondary N) is 9. The zero-order valence-electron chi connectivity index (χ0n) is 75.1. The van der Waals surface area contributed by atoms with Gasteiger partial charge in [-0.1, -0.05) is 153 Å². The van der Waals surface area contributed by atoms with Gasteiger partial charge in [0.2, 0.25) is 64.9 Å². The van der Waals surface area contributed by atoms with Crippen molar-refractivity contribution in [3.8, 4) is 5.75 Å². The number of aliphatic hydroxyl groups excluding tert-OH is 2. The number of allylic oxidation sites excluding steroid dienone is 10. The van der Waals surface area contributed by atoms with E-state index in [-0.39, 0.29) is 86.2 Å². The van der Waals surface area contributed by atoms with Crippen LogP contribution in [0.2, 0.25) is 0 Å². The van der Waals surface area contributed by atoms with E-state index >= 15 is 9.59 Å². The molecule has 4 heterocycles. The van der Waals surface area contributed by atoms with Gasteiger partial charge in [-0.3, -0.25) is 57.5 Å². The number of nitrogens with two attached hydrogens (primary N) is 2.